The molecule has 10 heteroatoms. The van der Waals surface area contributed by atoms with E-state index in [9.17, 15) is 31.2 Å². The Balaban J connectivity index is 1.59. The van der Waals surface area contributed by atoms with Crippen molar-refractivity contribution in [2.24, 2.45) is 0 Å². The SMILES string of the molecule is CC(=O)c1ccc(S(=O)(=O)N2CCN(C(=O)/C=C/c3ccc(C(F)(F)F)cc3)CC2)cc1. The average molecular weight is 466 g/mol. The zero-order chi connectivity index (χ0) is 23.5. The number of benzene rings is 2. The van der Waals surface area contributed by atoms with Gasteiger partial charge in [0.15, 0.2) is 5.78 Å². The highest BCUT2D eigenvalue weighted by Crippen LogP contribution is 2.29. The number of amides is 1. The minimum Gasteiger partial charge on any atom is -0.337 e. The van der Waals surface area contributed by atoms with Crippen molar-refractivity contribution in [2.45, 2.75) is 18.0 Å². The maximum atomic E-state index is 12.8. The summed E-state index contributed by atoms with van der Waals surface area (Å²) in [5.41, 5.74) is 0.0926. The number of carbonyl (C=O) groups is 2. The Kier molecular flexibility index (Phi) is 6.85. The number of piperazine rings is 1. The van der Waals surface area contributed by atoms with Crippen molar-refractivity contribution in [3.63, 3.8) is 0 Å². The second-order valence-corrected chi connectivity index (χ2v) is 9.20. The third kappa shape index (κ3) is 5.43. The lowest BCUT2D eigenvalue weighted by Gasteiger charge is -2.33. The van der Waals surface area contributed by atoms with E-state index in [4.69, 9.17) is 0 Å². The largest absolute Gasteiger partial charge is 0.416 e. The van der Waals surface area contributed by atoms with E-state index >= 15 is 0 Å². The van der Waals surface area contributed by atoms with E-state index < -0.39 is 21.8 Å². The summed E-state index contributed by atoms with van der Waals surface area (Å²) < 4.78 is 64.7. The quantitative estimate of drug-likeness (QED) is 0.500. The van der Waals surface area contributed by atoms with Crippen LogP contribution in [0.25, 0.3) is 6.08 Å². The number of nitrogens with zero attached hydrogens (tertiary/aromatic N) is 2. The Morgan fingerprint density at radius 2 is 1.47 bits per heavy atom. The lowest BCUT2D eigenvalue weighted by atomic mass is 10.1. The molecule has 170 valence electrons. The minimum atomic E-state index is -4.42. The number of hydrogen-bond acceptors (Lipinski definition) is 4. The second-order valence-electron chi connectivity index (χ2n) is 7.26. The molecule has 0 unspecified atom stereocenters. The maximum Gasteiger partial charge on any atom is 0.416 e. The van der Waals surface area contributed by atoms with E-state index in [-0.39, 0.29) is 42.8 Å². The molecule has 1 saturated heterocycles. The molecule has 0 spiro atoms. The van der Waals surface area contributed by atoms with Crippen LogP contribution < -0.4 is 0 Å². The van der Waals surface area contributed by atoms with Crippen LogP contribution in [-0.4, -0.2) is 55.5 Å². The molecule has 0 saturated carbocycles. The molecular formula is C22H21F3N2O4S. The van der Waals surface area contributed by atoms with Crippen LogP contribution in [-0.2, 0) is 21.0 Å². The number of sulfonamides is 1. The van der Waals surface area contributed by atoms with E-state index in [0.717, 1.165) is 12.1 Å². The molecule has 0 N–H and O–H groups in total. The molecule has 1 aliphatic rings. The molecule has 1 fully saturated rings. The molecule has 1 aliphatic heterocycles. The first-order chi connectivity index (χ1) is 15.0. The number of Topliss-reactive ketones (excluding diaryl/α,β-unsaturated/α-hetero) is 1. The number of hydrogen-bond donors (Lipinski definition) is 0. The highest BCUT2D eigenvalue weighted by molar-refractivity contribution is 7.89. The standard InChI is InChI=1S/C22H21F3N2O4S/c1-16(28)18-5-9-20(10-6-18)32(30,31)27-14-12-26(13-15-27)21(29)11-4-17-2-7-19(8-3-17)22(23,24)25/h2-11H,12-15H2,1H3/b11-4+. The van der Waals surface area contributed by atoms with Gasteiger partial charge in [-0.2, -0.15) is 17.5 Å². The van der Waals surface area contributed by atoms with Gasteiger partial charge in [0.2, 0.25) is 15.9 Å². The molecule has 1 amide bonds. The first-order valence-corrected chi connectivity index (χ1v) is 11.2. The molecule has 0 atom stereocenters. The summed E-state index contributed by atoms with van der Waals surface area (Å²) >= 11 is 0. The van der Waals surface area contributed by atoms with Gasteiger partial charge in [0.05, 0.1) is 10.5 Å². The fourth-order valence-electron chi connectivity index (χ4n) is 3.22. The molecule has 6 nitrogen and oxygen atoms in total. The highest BCUT2D eigenvalue weighted by atomic mass is 32.2. The fraction of sp³-hybridized carbons (Fsp3) is 0.273. The first-order valence-electron chi connectivity index (χ1n) is 9.74. The smallest absolute Gasteiger partial charge is 0.337 e. The van der Waals surface area contributed by atoms with Crippen LogP contribution in [0.1, 0.15) is 28.4 Å². The third-order valence-electron chi connectivity index (χ3n) is 5.11. The Labute approximate surface area is 184 Å². The van der Waals surface area contributed by atoms with Gasteiger partial charge in [0.25, 0.3) is 0 Å². The van der Waals surface area contributed by atoms with E-state index in [1.807, 2.05) is 0 Å². The predicted octanol–water partition coefficient (Wildman–Crippen LogP) is 3.45. The van der Waals surface area contributed by atoms with Gasteiger partial charge in [-0.25, -0.2) is 8.42 Å². The van der Waals surface area contributed by atoms with E-state index in [2.05, 4.69) is 0 Å². The topological polar surface area (TPSA) is 74.8 Å². The van der Waals surface area contributed by atoms with Crippen molar-refractivity contribution >= 4 is 27.8 Å². The van der Waals surface area contributed by atoms with E-state index in [1.54, 1.807) is 0 Å². The zero-order valence-electron chi connectivity index (χ0n) is 17.2. The summed E-state index contributed by atoms with van der Waals surface area (Å²) in [6, 6.07) is 10.1. The van der Waals surface area contributed by atoms with Crippen LogP contribution in [0.15, 0.2) is 59.5 Å². The summed E-state index contributed by atoms with van der Waals surface area (Å²) in [5, 5.41) is 0. The van der Waals surface area contributed by atoms with Crippen molar-refractivity contribution in [3.05, 3.63) is 71.3 Å². The molecule has 3 rings (SSSR count). The summed E-state index contributed by atoms with van der Waals surface area (Å²) in [4.78, 5) is 25.3. The molecule has 0 aliphatic carbocycles. The highest BCUT2D eigenvalue weighted by Gasteiger charge is 2.30. The number of alkyl halides is 3. The van der Waals surface area contributed by atoms with Crippen LogP contribution in [0.5, 0.6) is 0 Å². The second kappa shape index (κ2) is 9.25. The molecule has 2 aromatic carbocycles. The average Bonchev–Trinajstić information content (AvgIpc) is 2.77. The fourth-order valence-corrected chi connectivity index (χ4v) is 4.64. The first kappa shape index (κ1) is 23.7. The van der Waals surface area contributed by atoms with Gasteiger partial charge < -0.3 is 4.90 Å². The molecular weight excluding hydrogens is 445 g/mol. The molecule has 0 bridgehead atoms. The van der Waals surface area contributed by atoms with Gasteiger partial charge in [-0.05, 0) is 42.8 Å². The normalized spacial score (nSPS) is 15.8. The van der Waals surface area contributed by atoms with E-state index in [1.165, 1.54) is 64.7 Å². The van der Waals surface area contributed by atoms with Crippen LogP contribution in [0.4, 0.5) is 13.2 Å². The maximum absolute atomic E-state index is 12.8. The molecule has 0 aromatic heterocycles. The number of rotatable bonds is 5. The Morgan fingerprint density at radius 1 is 0.906 bits per heavy atom. The van der Waals surface area contributed by atoms with Crippen molar-refractivity contribution in [2.75, 3.05) is 26.2 Å². The van der Waals surface area contributed by atoms with Gasteiger partial charge in [-0.3, -0.25) is 9.59 Å². The van der Waals surface area contributed by atoms with Gasteiger partial charge in [-0.15, -0.1) is 0 Å². The number of halogens is 3. The van der Waals surface area contributed by atoms with Crippen LogP contribution in [0, 0.1) is 0 Å². The summed E-state index contributed by atoms with van der Waals surface area (Å²) in [5.74, 6) is -0.516. The van der Waals surface area contributed by atoms with Gasteiger partial charge >= 0.3 is 6.18 Å². The lowest BCUT2D eigenvalue weighted by molar-refractivity contribution is -0.137. The van der Waals surface area contributed by atoms with Gasteiger partial charge in [0.1, 0.15) is 0 Å². The van der Waals surface area contributed by atoms with Crippen molar-refractivity contribution in [3.8, 4) is 0 Å². The van der Waals surface area contributed by atoms with Crippen LogP contribution in [0.3, 0.4) is 0 Å². The van der Waals surface area contributed by atoms with Crippen LogP contribution in [0.2, 0.25) is 0 Å². The number of ketones is 1. The Morgan fingerprint density at radius 3 is 1.97 bits per heavy atom. The number of carbonyl (C=O) groups excluding carboxylic acids is 2. The summed E-state index contributed by atoms with van der Waals surface area (Å²) in [6.45, 7) is 1.97. The zero-order valence-corrected chi connectivity index (χ0v) is 18.0. The molecule has 32 heavy (non-hydrogen) atoms. The van der Waals surface area contributed by atoms with Crippen molar-refractivity contribution < 1.29 is 31.2 Å². The molecule has 1 heterocycles. The van der Waals surface area contributed by atoms with Crippen LogP contribution >= 0.6 is 0 Å². The van der Waals surface area contributed by atoms with E-state index in [0.29, 0.717) is 11.1 Å². The Bertz CT molecular complexity index is 1120. The van der Waals surface area contributed by atoms with Gasteiger partial charge in [-0.1, -0.05) is 24.3 Å². The monoisotopic (exact) mass is 466 g/mol. The summed E-state index contributed by atoms with van der Waals surface area (Å²) in [6.07, 6.45) is -1.75. The Hall–Kier alpha value is -2.98. The third-order valence-corrected chi connectivity index (χ3v) is 7.02. The van der Waals surface area contributed by atoms with Crippen molar-refractivity contribution in [1.82, 2.24) is 9.21 Å². The summed E-state index contributed by atoms with van der Waals surface area (Å²) in [7, 11) is -3.75. The van der Waals surface area contributed by atoms with Gasteiger partial charge in [0, 0.05) is 37.8 Å². The van der Waals surface area contributed by atoms with Crippen molar-refractivity contribution in [1.29, 1.82) is 0 Å². The predicted molar refractivity (Wildman–Crippen MR) is 112 cm³/mol. The molecule has 0 radical (unpaired) electrons. The minimum absolute atomic E-state index is 0.0736. The lowest BCUT2D eigenvalue weighted by Crippen LogP contribution is -2.50. The molecule has 2 aromatic rings.